The Morgan fingerprint density at radius 3 is 1.24 bits per heavy atom. The van der Waals surface area contributed by atoms with E-state index in [1.54, 1.807) is 0 Å². The van der Waals surface area contributed by atoms with Crippen molar-refractivity contribution in [1.82, 2.24) is 0 Å². The first-order valence-electron chi connectivity index (χ1n) is 24.5. The van der Waals surface area contributed by atoms with Crippen LogP contribution in [0.5, 0.6) is 0 Å². The molecule has 0 aliphatic rings. The predicted octanol–water partition coefficient (Wildman–Crippen LogP) is 15.9. The Hall–Kier alpha value is -3.15. The fourth-order valence-electron chi connectivity index (χ4n) is 6.61. The van der Waals surface area contributed by atoms with Crippen LogP contribution in [0.15, 0.2) is 72.9 Å². The van der Waals surface area contributed by atoms with Crippen molar-refractivity contribution >= 4 is 17.9 Å². The molecule has 0 heterocycles. The Balaban J connectivity index is 4.40. The normalized spacial score (nSPS) is 12.7. The lowest BCUT2D eigenvalue weighted by Gasteiger charge is -2.18. The average molecular weight is 823 g/mol. The number of ether oxygens (including phenoxy) is 3. The van der Waals surface area contributed by atoms with Crippen LogP contribution in [0.4, 0.5) is 0 Å². The number of hydrogen-bond acceptors (Lipinski definition) is 6. The van der Waals surface area contributed by atoms with Crippen molar-refractivity contribution in [1.29, 1.82) is 0 Å². The summed E-state index contributed by atoms with van der Waals surface area (Å²) in [4.78, 5) is 37.8. The van der Waals surface area contributed by atoms with Crippen molar-refractivity contribution in [3.63, 3.8) is 0 Å². The molecule has 0 aromatic rings. The van der Waals surface area contributed by atoms with Crippen molar-refractivity contribution in [2.24, 2.45) is 0 Å². The molecule has 6 nitrogen and oxygen atoms in total. The highest BCUT2D eigenvalue weighted by molar-refractivity contribution is 5.71. The summed E-state index contributed by atoms with van der Waals surface area (Å²) in [5.41, 5.74) is 0. The third kappa shape index (κ3) is 45.8. The van der Waals surface area contributed by atoms with Crippen LogP contribution in [0.25, 0.3) is 0 Å². The molecular formula is C53H90O6. The van der Waals surface area contributed by atoms with E-state index in [0.29, 0.717) is 19.3 Å². The van der Waals surface area contributed by atoms with Gasteiger partial charge in [0.05, 0.1) is 0 Å². The molecule has 0 N–H and O–H groups in total. The first-order chi connectivity index (χ1) is 29.0. The van der Waals surface area contributed by atoms with Crippen LogP contribution in [0, 0.1) is 0 Å². The highest BCUT2D eigenvalue weighted by Gasteiger charge is 2.19. The molecule has 59 heavy (non-hydrogen) atoms. The molecular weight excluding hydrogens is 733 g/mol. The van der Waals surface area contributed by atoms with E-state index < -0.39 is 6.10 Å². The summed E-state index contributed by atoms with van der Waals surface area (Å²) in [5, 5.41) is 0. The molecule has 0 saturated heterocycles. The lowest BCUT2D eigenvalue weighted by atomic mass is 10.0. The second-order valence-corrected chi connectivity index (χ2v) is 16.1. The van der Waals surface area contributed by atoms with Gasteiger partial charge in [-0.15, -0.1) is 0 Å². The third-order valence-corrected chi connectivity index (χ3v) is 10.3. The van der Waals surface area contributed by atoms with Gasteiger partial charge in [0.25, 0.3) is 0 Å². The zero-order valence-electron chi connectivity index (χ0n) is 38.5. The molecule has 0 bridgehead atoms. The summed E-state index contributed by atoms with van der Waals surface area (Å²) in [5.74, 6) is -0.955. The maximum Gasteiger partial charge on any atom is 0.306 e. The molecule has 338 valence electrons. The molecule has 0 amide bonds. The Kier molecular flexibility index (Phi) is 45.0. The van der Waals surface area contributed by atoms with Gasteiger partial charge in [0.1, 0.15) is 13.2 Å². The SMILES string of the molecule is CC/C=C\C/C=C\CCCCC(=O)OCC(COC(=O)CCCCCCC\C=C/C=C\C=C/C=C\CCCCC)OC(=O)CCCCCCCCCCCCCCCC. The molecule has 0 aromatic heterocycles. The van der Waals surface area contributed by atoms with Gasteiger partial charge in [-0.1, -0.05) is 209 Å². The average Bonchev–Trinajstić information content (AvgIpc) is 3.23. The highest BCUT2D eigenvalue weighted by Crippen LogP contribution is 2.15. The van der Waals surface area contributed by atoms with E-state index in [1.807, 2.05) is 0 Å². The van der Waals surface area contributed by atoms with Crippen LogP contribution in [0.3, 0.4) is 0 Å². The van der Waals surface area contributed by atoms with Gasteiger partial charge < -0.3 is 14.2 Å². The van der Waals surface area contributed by atoms with Gasteiger partial charge in [0, 0.05) is 19.3 Å². The smallest absolute Gasteiger partial charge is 0.306 e. The topological polar surface area (TPSA) is 78.9 Å². The predicted molar refractivity (Wildman–Crippen MR) is 251 cm³/mol. The second-order valence-electron chi connectivity index (χ2n) is 16.1. The van der Waals surface area contributed by atoms with Crippen LogP contribution in [-0.2, 0) is 28.6 Å². The van der Waals surface area contributed by atoms with E-state index in [9.17, 15) is 14.4 Å². The van der Waals surface area contributed by atoms with Gasteiger partial charge in [0.2, 0.25) is 0 Å². The van der Waals surface area contributed by atoms with Crippen molar-refractivity contribution in [3.05, 3.63) is 72.9 Å². The number of unbranched alkanes of at least 4 members (excludes halogenated alkanes) is 23. The quantitative estimate of drug-likeness (QED) is 0.0200. The van der Waals surface area contributed by atoms with E-state index in [2.05, 4.69) is 93.7 Å². The standard InChI is InChI=1S/C53H90O6/c1-4-7-10-13-16-19-21-23-25-26-27-28-30-31-34-37-40-43-46-52(55)58-49-50(48-57-51(54)45-42-39-36-33-18-15-12-9-6-3)59-53(56)47-44-41-38-35-32-29-24-22-20-17-14-11-8-5-2/h9,12,16,18-19,21,23,25-28,33,50H,4-8,10-11,13-15,17,20,22,24,29-32,34-49H2,1-3H3/b12-9-,19-16-,23-21-,26-25-,28-27-,33-18-. The highest BCUT2D eigenvalue weighted by atomic mass is 16.6. The third-order valence-electron chi connectivity index (χ3n) is 10.3. The van der Waals surface area contributed by atoms with E-state index in [1.165, 1.54) is 89.9 Å². The molecule has 0 spiro atoms. The molecule has 0 aliphatic carbocycles. The van der Waals surface area contributed by atoms with E-state index >= 15 is 0 Å². The Labute approximate surface area is 363 Å². The van der Waals surface area contributed by atoms with Crippen molar-refractivity contribution in [3.8, 4) is 0 Å². The van der Waals surface area contributed by atoms with Gasteiger partial charge in [-0.25, -0.2) is 0 Å². The molecule has 0 fully saturated rings. The molecule has 1 atom stereocenters. The fraction of sp³-hybridized carbons (Fsp3) is 0.717. The Bertz CT molecular complexity index is 1130. The lowest BCUT2D eigenvalue weighted by Crippen LogP contribution is -2.30. The Morgan fingerprint density at radius 1 is 0.373 bits per heavy atom. The van der Waals surface area contributed by atoms with Gasteiger partial charge in [-0.05, 0) is 70.6 Å². The number of allylic oxidation sites excluding steroid dienone is 12. The van der Waals surface area contributed by atoms with Crippen molar-refractivity contribution in [2.45, 2.75) is 232 Å². The van der Waals surface area contributed by atoms with Crippen molar-refractivity contribution < 1.29 is 28.6 Å². The minimum Gasteiger partial charge on any atom is -0.462 e. The number of hydrogen-bond donors (Lipinski definition) is 0. The lowest BCUT2D eigenvalue weighted by molar-refractivity contribution is -0.167. The minimum atomic E-state index is -0.794. The van der Waals surface area contributed by atoms with Crippen molar-refractivity contribution in [2.75, 3.05) is 13.2 Å². The first-order valence-corrected chi connectivity index (χ1v) is 24.5. The Morgan fingerprint density at radius 2 is 0.729 bits per heavy atom. The summed E-state index contributed by atoms with van der Waals surface area (Å²) in [7, 11) is 0. The largest absolute Gasteiger partial charge is 0.462 e. The van der Waals surface area contributed by atoms with Gasteiger partial charge in [0.15, 0.2) is 6.10 Å². The molecule has 0 aromatic carbocycles. The summed E-state index contributed by atoms with van der Waals surface area (Å²) in [6, 6.07) is 0. The van der Waals surface area contributed by atoms with Crippen LogP contribution < -0.4 is 0 Å². The summed E-state index contributed by atoms with van der Waals surface area (Å²) in [6.07, 6.45) is 58.9. The molecule has 0 aliphatic heterocycles. The number of esters is 3. The molecule has 0 rings (SSSR count). The molecule has 0 radical (unpaired) electrons. The van der Waals surface area contributed by atoms with Crippen LogP contribution in [-0.4, -0.2) is 37.2 Å². The van der Waals surface area contributed by atoms with E-state index in [0.717, 1.165) is 96.3 Å². The maximum absolute atomic E-state index is 12.7. The van der Waals surface area contributed by atoms with Crippen LogP contribution >= 0.6 is 0 Å². The molecule has 1 unspecified atom stereocenters. The van der Waals surface area contributed by atoms with Gasteiger partial charge >= 0.3 is 17.9 Å². The summed E-state index contributed by atoms with van der Waals surface area (Å²) in [6.45, 7) is 6.42. The zero-order valence-corrected chi connectivity index (χ0v) is 38.5. The van der Waals surface area contributed by atoms with Gasteiger partial charge in [-0.3, -0.25) is 14.4 Å². The molecule has 0 saturated carbocycles. The second kappa shape index (κ2) is 47.5. The van der Waals surface area contributed by atoms with E-state index in [4.69, 9.17) is 14.2 Å². The van der Waals surface area contributed by atoms with Crippen LogP contribution in [0.2, 0.25) is 0 Å². The number of carbonyl (C=O) groups is 3. The maximum atomic E-state index is 12.7. The first kappa shape index (κ1) is 55.9. The minimum absolute atomic E-state index is 0.0970. The number of rotatable bonds is 43. The van der Waals surface area contributed by atoms with Crippen LogP contribution in [0.1, 0.15) is 226 Å². The summed E-state index contributed by atoms with van der Waals surface area (Å²) < 4.78 is 16.7. The fourth-order valence-corrected chi connectivity index (χ4v) is 6.61. The number of carbonyl (C=O) groups excluding carboxylic acids is 3. The zero-order chi connectivity index (χ0) is 43.0. The summed E-state index contributed by atoms with van der Waals surface area (Å²) >= 11 is 0. The van der Waals surface area contributed by atoms with E-state index in [-0.39, 0.29) is 31.1 Å². The van der Waals surface area contributed by atoms with Gasteiger partial charge in [-0.2, -0.15) is 0 Å². The molecule has 6 heteroatoms. The monoisotopic (exact) mass is 823 g/mol.